The molecule has 0 atom stereocenters. The molecule has 3 aliphatic rings. The first-order valence-electron chi connectivity index (χ1n) is 30.7. The van der Waals surface area contributed by atoms with E-state index in [0.717, 1.165) is 79.8 Å². The van der Waals surface area contributed by atoms with E-state index in [0.29, 0.717) is 0 Å². The summed E-state index contributed by atoms with van der Waals surface area (Å²) in [6.07, 6.45) is 2.28. The zero-order valence-corrected chi connectivity index (χ0v) is 52.2. The molecular formula is C78H78BN3O2. The molecule has 0 bridgehead atoms. The second-order valence-electron chi connectivity index (χ2n) is 30.5. The average Bonchev–Trinajstić information content (AvgIpc) is 1.42. The number of benzene rings is 9. The number of hydrogen-bond acceptors (Lipinski definition) is 4. The fourth-order valence-electron chi connectivity index (χ4n) is 14.8. The SMILES string of the molecule is CC(C)(C)c1ccc(N2B3c4cc(C(C)(C)C)ccc4-n4c5cc6c(cc5c5c7oc8ccccc8c7c(c3c54)-c3cc4c(cc32)oc2cc(N(c3ccc(C(C)(C)C)cc3)c3ccc(C(C)(C)C)cc3)ccc24)C(C)(C)CCC6(C)C)cc1. The summed E-state index contributed by atoms with van der Waals surface area (Å²) in [4.78, 5) is 5.05. The monoisotopic (exact) mass is 1100 g/mol. The second kappa shape index (κ2) is 17.3. The molecule has 420 valence electrons. The molecule has 6 heteroatoms. The molecule has 0 amide bonds. The number of anilines is 5. The maximum atomic E-state index is 7.42. The zero-order valence-electron chi connectivity index (χ0n) is 52.2. The van der Waals surface area contributed by atoms with Gasteiger partial charge < -0.3 is 23.1 Å². The topological polar surface area (TPSA) is 37.7 Å². The van der Waals surface area contributed by atoms with E-state index in [1.54, 1.807) is 0 Å². The zero-order chi connectivity index (χ0) is 58.7. The third-order valence-electron chi connectivity index (χ3n) is 19.9. The summed E-state index contributed by atoms with van der Waals surface area (Å²) in [6, 6.07) is 60.7. The predicted molar refractivity (Wildman–Crippen MR) is 359 cm³/mol. The van der Waals surface area contributed by atoms with E-state index in [9.17, 15) is 0 Å². The molecule has 12 aromatic rings. The Balaban J connectivity index is 1.06. The normalized spacial score (nSPS) is 15.7. The van der Waals surface area contributed by atoms with E-state index in [4.69, 9.17) is 8.83 Å². The Hall–Kier alpha value is -7.96. The molecule has 0 radical (unpaired) electrons. The van der Waals surface area contributed by atoms with Crippen LogP contribution >= 0.6 is 0 Å². The molecule has 0 saturated heterocycles. The van der Waals surface area contributed by atoms with Crippen molar-refractivity contribution in [1.82, 2.24) is 4.57 Å². The highest BCUT2D eigenvalue weighted by molar-refractivity contribution is 6.94. The molecule has 0 unspecified atom stereocenters. The largest absolute Gasteiger partial charge is 0.456 e. The van der Waals surface area contributed by atoms with Gasteiger partial charge in [0.05, 0.1) is 16.4 Å². The van der Waals surface area contributed by atoms with Crippen LogP contribution in [0.4, 0.5) is 28.4 Å². The number of furan rings is 2. The van der Waals surface area contributed by atoms with Crippen molar-refractivity contribution < 1.29 is 8.83 Å². The highest BCUT2D eigenvalue weighted by atomic mass is 16.3. The van der Waals surface area contributed by atoms with Crippen LogP contribution in [0.15, 0.2) is 167 Å². The number of rotatable bonds is 4. The Labute approximate surface area is 496 Å². The Bertz CT molecular complexity index is 4690. The van der Waals surface area contributed by atoms with Gasteiger partial charge in [0.25, 0.3) is 0 Å². The quantitative estimate of drug-likeness (QED) is 0.165. The van der Waals surface area contributed by atoms with E-state index in [1.807, 2.05) is 0 Å². The summed E-state index contributed by atoms with van der Waals surface area (Å²) < 4.78 is 17.4. The number of hydrogen-bond donors (Lipinski definition) is 0. The van der Waals surface area contributed by atoms with Gasteiger partial charge in [-0.2, -0.15) is 0 Å². The first-order valence-corrected chi connectivity index (χ1v) is 30.7. The molecule has 15 rings (SSSR count). The molecule has 0 N–H and O–H groups in total. The van der Waals surface area contributed by atoms with Gasteiger partial charge in [-0.25, -0.2) is 0 Å². The Morgan fingerprint density at radius 1 is 0.452 bits per heavy atom. The first-order chi connectivity index (χ1) is 39.7. The maximum Gasteiger partial charge on any atom is 0.333 e. The molecule has 9 aromatic carbocycles. The number of para-hydroxylation sites is 1. The summed E-state index contributed by atoms with van der Waals surface area (Å²) in [7, 11) is 0. The Morgan fingerprint density at radius 2 is 1.00 bits per heavy atom. The molecule has 0 fully saturated rings. The molecule has 2 aliphatic heterocycles. The summed E-state index contributed by atoms with van der Waals surface area (Å²) in [5, 5.41) is 6.94. The highest BCUT2D eigenvalue weighted by Crippen LogP contribution is 2.55. The van der Waals surface area contributed by atoms with Gasteiger partial charge in [0.2, 0.25) is 0 Å². The Morgan fingerprint density at radius 3 is 1.61 bits per heavy atom. The minimum absolute atomic E-state index is 0.0129. The van der Waals surface area contributed by atoms with Gasteiger partial charge in [-0.1, -0.05) is 178 Å². The van der Waals surface area contributed by atoms with Crippen molar-refractivity contribution in [3.8, 4) is 16.8 Å². The van der Waals surface area contributed by atoms with Crippen LogP contribution in [-0.2, 0) is 32.5 Å². The fraction of sp³-hybridized carbons (Fsp3) is 0.308. The van der Waals surface area contributed by atoms with Crippen LogP contribution in [0.2, 0.25) is 0 Å². The predicted octanol–water partition coefficient (Wildman–Crippen LogP) is 20.8. The number of fused-ring (bicyclic) bond motifs is 17. The molecule has 0 spiro atoms. The lowest BCUT2D eigenvalue weighted by Gasteiger charge is -2.43. The summed E-state index contributed by atoms with van der Waals surface area (Å²) in [5.41, 5.74) is 25.9. The van der Waals surface area contributed by atoms with Crippen LogP contribution in [0.3, 0.4) is 0 Å². The smallest absolute Gasteiger partial charge is 0.333 e. The van der Waals surface area contributed by atoms with Crippen LogP contribution in [0.25, 0.3) is 82.5 Å². The summed E-state index contributed by atoms with van der Waals surface area (Å²) in [5.74, 6) is 0. The minimum Gasteiger partial charge on any atom is -0.456 e. The first kappa shape index (κ1) is 52.8. The van der Waals surface area contributed by atoms with Crippen LogP contribution in [-0.4, -0.2) is 11.4 Å². The van der Waals surface area contributed by atoms with Gasteiger partial charge in [0.1, 0.15) is 22.3 Å². The van der Waals surface area contributed by atoms with Crippen molar-refractivity contribution in [3.05, 3.63) is 191 Å². The lowest BCUT2D eigenvalue weighted by Crippen LogP contribution is -2.60. The summed E-state index contributed by atoms with van der Waals surface area (Å²) >= 11 is 0. The molecule has 5 heterocycles. The second-order valence-corrected chi connectivity index (χ2v) is 30.5. The van der Waals surface area contributed by atoms with Crippen molar-refractivity contribution in [1.29, 1.82) is 0 Å². The average molecular weight is 1100 g/mol. The maximum absolute atomic E-state index is 7.42. The lowest BCUT2D eigenvalue weighted by atomic mass is 9.43. The third-order valence-corrected chi connectivity index (χ3v) is 19.9. The van der Waals surface area contributed by atoms with Crippen LogP contribution < -0.4 is 20.6 Å². The van der Waals surface area contributed by atoms with E-state index in [1.165, 1.54) is 88.3 Å². The van der Waals surface area contributed by atoms with Crippen molar-refractivity contribution in [3.63, 3.8) is 0 Å². The van der Waals surface area contributed by atoms with E-state index in [2.05, 4.69) is 283 Å². The fourth-order valence-corrected chi connectivity index (χ4v) is 14.8. The van der Waals surface area contributed by atoms with Crippen LogP contribution in [0.1, 0.15) is 157 Å². The summed E-state index contributed by atoms with van der Waals surface area (Å²) in [6.45, 7) is 37.3. The van der Waals surface area contributed by atoms with Gasteiger partial charge in [0.15, 0.2) is 0 Å². The van der Waals surface area contributed by atoms with Gasteiger partial charge in [-0.15, -0.1) is 0 Å². The Kier molecular flexibility index (Phi) is 10.9. The third kappa shape index (κ3) is 7.73. The van der Waals surface area contributed by atoms with Crippen molar-refractivity contribution in [2.24, 2.45) is 0 Å². The molecule has 1 aliphatic carbocycles. The van der Waals surface area contributed by atoms with E-state index >= 15 is 0 Å². The van der Waals surface area contributed by atoms with Crippen LogP contribution in [0, 0.1) is 0 Å². The van der Waals surface area contributed by atoms with E-state index < -0.39 is 0 Å². The highest BCUT2D eigenvalue weighted by Gasteiger charge is 2.48. The van der Waals surface area contributed by atoms with Crippen LogP contribution in [0.5, 0.6) is 0 Å². The van der Waals surface area contributed by atoms with Gasteiger partial charge in [-0.05, 0) is 174 Å². The van der Waals surface area contributed by atoms with Crippen molar-refractivity contribution in [2.75, 3.05) is 9.71 Å². The van der Waals surface area contributed by atoms with E-state index in [-0.39, 0.29) is 39.3 Å². The molecule has 5 nitrogen and oxygen atoms in total. The number of nitrogens with zero attached hydrogens (tertiary/aromatic N) is 3. The molecular weight excluding hydrogens is 1020 g/mol. The molecule has 0 saturated carbocycles. The molecule has 84 heavy (non-hydrogen) atoms. The van der Waals surface area contributed by atoms with Gasteiger partial charge in [0, 0.05) is 78.8 Å². The standard InChI is InChI=1S/C78H78BN3O2/c1-73(2,3)45-21-28-49(29-22-45)80(50-30-23-46(24-31-50)74(4,5)6)52-34-35-53-55-41-56-63(44-66(55)83-65(53)40-52)82(51-32-25-47(26-33-51)75(7,8)9)79-60-39-48(76(10,11)12)27-36-61(60)81-62-43-59-58(77(13,14)37-38-78(59,15)16)42-57(62)69-71(81)70(79)67(56)68-54-19-17-18-20-64(54)84-72(68)69/h17-36,39-44H,37-38H2,1-16H3. The minimum atomic E-state index is -0.207. The van der Waals surface area contributed by atoms with Crippen molar-refractivity contribution >= 4 is 112 Å². The van der Waals surface area contributed by atoms with Gasteiger partial charge >= 0.3 is 6.85 Å². The van der Waals surface area contributed by atoms with Gasteiger partial charge in [-0.3, -0.25) is 0 Å². The lowest BCUT2D eigenvalue weighted by molar-refractivity contribution is 0.332. The van der Waals surface area contributed by atoms with Crippen molar-refractivity contribution in [2.45, 2.75) is 156 Å². The molecule has 3 aromatic heterocycles. The number of aromatic nitrogens is 1.